The first-order valence-electron chi connectivity index (χ1n) is 14.3. The van der Waals surface area contributed by atoms with Crippen LogP contribution in [-0.2, 0) is 33.4 Å². The molecule has 2 N–H and O–H groups in total. The van der Waals surface area contributed by atoms with Crippen molar-refractivity contribution >= 4 is 51.5 Å². The summed E-state index contributed by atoms with van der Waals surface area (Å²) in [6.07, 6.45) is 0.266. The molecule has 0 aliphatic carbocycles. The van der Waals surface area contributed by atoms with E-state index in [0.717, 1.165) is 4.47 Å². The summed E-state index contributed by atoms with van der Waals surface area (Å²) < 4.78 is 17.1. The molecule has 242 valence electrons. The van der Waals surface area contributed by atoms with Crippen LogP contribution in [0.4, 0.5) is 10.5 Å². The van der Waals surface area contributed by atoms with Crippen LogP contribution in [0.25, 0.3) is 0 Å². The Bertz CT molecular complexity index is 1140. The minimum Gasteiger partial charge on any atom is -0.460 e. The molecule has 0 radical (unpaired) electrons. The smallest absolute Gasteiger partial charge is 0.329 e. The largest absolute Gasteiger partial charge is 0.460 e. The van der Waals surface area contributed by atoms with Gasteiger partial charge in [0.15, 0.2) is 0 Å². The van der Waals surface area contributed by atoms with E-state index in [2.05, 4.69) is 26.6 Å². The second-order valence-corrected chi connectivity index (χ2v) is 14.2. The third-order valence-electron chi connectivity index (χ3n) is 5.50. The van der Waals surface area contributed by atoms with Gasteiger partial charge in [-0.15, -0.1) is 0 Å². The number of esters is 3. The monoisotopic (exact) mass is 669 g/mol. The molecule has 0 fully saturated rings. The molecule has 12 heteroatoms. The van der Waals surface area contributed by atoms with Crippen molar-refractivity contribution in [1.29, 1.82) is 0 Å². The average Bonchev–Trinajstić information content (AvgIpc) is 2.82. The molecule has 0 bridgehead atoms. The van der Waals surface area contributed by atoms with E-state index in [9.17, 15) is 24.0 Å². The molecule has 2 atom stereocenters. The summed E-state index contributed by atoms with van der Waals surface area (Å²) in [5.41, 5.74) is -1.66. The molecule has 0 aromatic heterocycles. The molecule has 1 rings (SSSR count). The summed E-state index contributed by atoms with van der Waals surface area (Å²) >= 11 is 3.39. The molecule has 3 amide bonds. The summed E-state index contributed by atoms with van der Waals surface area (Å²) in [6.45, 7) is 15.3. The summed E-state index contributed by atoms with van der Waals surface area (Å²) in [7, 11) is 1.66. The molecule has 0 heterocycles. The number of nitrogens with zero attached hydrogens (tertiary/aromatic N) is 1. The number of rotatable bonds is 12. The van der Waals surface area contributed by atoms with Crippen molar-refractivity contribution in [2.45, 2.75) is 123 Å². The van der Waals surface area contributed by atoms with Crippen molar-refractivity contribution < 1.29 is 38.2 Å². The van der Waals surface area contributed by atoms with Gasteiger partial charge in [-0.25, -0.2) is 14.4 Å². The fourth-order valence-electron chi connectivity index (χ4n) is 3.71. The lowest BCUT2D eigenvalue weighted by molar-refractivity contribution is -0.159. The third kappa shape index (κ3) is 16.3. The number of halogens is 1. The van der Waals surface area contributed by atoms with E-state index in [0.29, 0.717) is 5.69 Å². The highest BCUT2D eigenvalue weighted by atomic mass is 79.9. The molecule has 0 aliphatic rings. The highest BCUT2D eigenvalue weighted by Crippen LogP contribution is 2.20. The van der Waals surface area contributed by atoms with Crippen molar-refractivity contribution in [2.24, 2.45) is 0 Å². The number of carbonyl (C=O) groups excluding carboxylic acids is 5. The molecular weight excluding hydrogens is 622 g/mol. The van der Waals surface area contributed by atoms with Crippen molar-refractivity contribution in [3.63, 3.8) is 0 Å². The highest BCUT2D eigenvalue weighted by Gasteiger charge is 2.31. The molecule has 0 saturated heterocycles. The highest BCUT2D eigenvalue weighted by molar-refractivity contribution is 9.10. The van der Waals surface area contributed by atoms with Crippen LogP contribution in [0.15, 0.2) is 28.7 Å². The number of hydrogen-bond donors (Lipinski definition) is 2. The molecule has 1 aromatic rings. The first-order valence-corrected chi connectivity index (χ1v) is 15.1. The van der Waals surface area contributed by atoms with Crippen molar-refractivity contribution in [2.75, 3.05) is 11.9 Å². The van der Waals surface area contributed by atoms with Gasteiger partial charge in [0.2, 0.25) is 5.91 Å². The fourth-order valence-corrected chi connectivity index (χ4v) is 4.10. The summed E-state index contributed by atoms with van der Waals surface area (Å²) in [6, 6.07) is 4.18. The van der Waals surface area contributed by atoms with Crippen LogP contribution < -0.4 is 15.5 Å². The lowest BCUT2D eigenvalue weighted by atomic mass is 10.1. The first-order chi connectivity index (χ1) is 19.6. The molecule has 1 aromatic carbocycles. The maximum absolute atomic E-state index is 13.1. The third-order valence-corrected chi connectivity index (χ3v) is 6.00. The minimum atomic E-state index is -1.19. The number of amides is 3. The number of ether oxygens (including phenoxy) is 3. The second kappa shape index (κ2) is 16.1. The Labute approximate surface area is 263 Å². The van der Waals surface area contributed by atoms with Gasteiger partial charge in [0.05, 0.1) is 0 Å². The number of carbonyl (C=O) groups is 5. The lowest BCUT2D eigenvalue weighted by Gasteiger charge is -2.27. The SMILES string of the molecule is CN(C(=O)CCC[C@H](NC(=O)N[C@@H](CCC(=O)OC(C)(C)C)C(=O)OC(C)(C)C)C(=O)OC(C)(C)C)c1cccc(Br)c1. The van der Waals surface area contributed by atoms with Gasteiger partial charge in [-0.3, -0.25) is 9.59 Å². The topological polar surface area (TPSA) is 140 Å². The Balaban J connectivity index is 2.98. The van der Waals surface area contributed by atoms with Gasteiger partial charge in [-0.1, -0.05) is 22.0 Å². The van der Waals surface area contributed by atoms with E-state index < -0.39 is 52.8 Å². The van der Waals surface area contributed by atoms with E-state index >= 15 is 0 Å². The van der Waals surface area contributed by atoms with E-state index in [4.69, 9.17) is 14.2 Å². The molecule has 43 heavy (non-hydrogen) atoms. The van der Waals surface area contributed by atoms with E-state index in [1.165, 1.54) is 4.90 Å². The number of anilines is 1. The number of urea groups is 1. The predicted molar refractivity (Wildman–Crippen MR) is 167 cm³/mol. The lowest BCUT2D eigenvalue weighted by Crippen LogP contribution is -2.53. The number of benzene rings is 1. The van der Waals surface area contributed by atoms with E-state index in [-0.39, 0.29) is 38.0 Å². The predicted octanol–water partition coefficient (Wildman–Crippen LogP) is 5.42. The Morgan fingerprint density at radius 1 is 0.767 bits per heavy atom. The van der Waals surface area contributed by atoms with Crippen LogP contribution >= 0.6 is 15.9 Å². The summed E-state index contributed by atoms with van der Waals surface area (Å²) in [4.78, 5) is 65.6. The zero-order chi connectivity index (χ0) is 33.2. The molecular formula is C31H48BrN3O8. The van der Waals surface area contributed by atoms with Gasteiger partial charge in [-0.2, -0.15) is 0 Å². The summed E-state index contributed by atoms with van der Waals surface area (Å²) in [5, 5.41) is 5.11. The van der Waals surface area contributed by atoms with Crippen molar-refractivity contribution in [1.82, 2.24) is 10.6 Å². The van der Waals surface area contributed by atoms with E-state index in [1.54, 1.807) is 69.4 Å². The van der Waals surface area contributed by atoms with Gasteiger partial charge in [-0.05, 0) is 99.8 Å². The Hall–Kier alpha value is -3.15. The van der Waals surface area contributed by atoms with Gasteiger partial charge >= 0.3 is 23.9 Å². The summed E-state index contributed by atoms with van der Waals surface area (Å²) in [5.74, 6) is -2.12. The first kappa shape index (κ1) is 37.9. The minimum absolute atomic E-state index is 0.0786. The molecule has 0 unspecified atom stereocenters. The Morgan fingerprint density at radius 3 is 1.72 bits per heavy atom. The van der Waals surface area contributed by atoms with Crippen molar-refractivity contribution in [3.8, 4) is 0 Å². The molecule has 0 spiro atoms. The van der Waals surface area contributed by atoms with E-state index in [1.807, 2.05) is 24.3 Å². The molecule has 0 aliphatic heterocycles. The van der Waals surface area contributed by atoms with Gasteiger partial charge < -0.3 is 29.7 Å². The van der Waals surface area contributed by atoms with Crippen LogP contribution in [0, 0.1) is 0 Å². The second-order valence-electron chi connectivity index (χ2n) is 13.2. The van der Waals surface area contributed by atoms with Crippen LogP contribution in [-0.4, -0.2) is 65.8 Å². The maximum atomic E-state index is 13.1. The molecule has 0 saturated carbocycles. The van der Waals surface area contributed by atoms with Gasteiger partial charge in [0.1, 0.15) is 28.9 Å². The van der Waals surface area contributed by atoms with Crippen LogP contribution in [0.3, 0.4) is 0 Å². The quantitative estimate of drug-likeness (QED) is 0.222. The average molecular weight is 671 g/mol. The number of nitrogens with one attached hydrogen (secondary N) is 2. The standard InChI is InChI=1S/C31H48BrN3O8/c1-29(2,3)41-25(37)18-17-23(27(39)43-31(7,8)9)34-28(40)33-22(26(38)42-30(4,5)6)15-12-16-24(36)35(10)21-14-11-13-20(32)19-21/h11,13-14,19,22-23H,12,15-18H2,1-10H3,(H2,33,34,40)/t22-,23-/m0/s1. The van der Waals surface area contributed by atoms with Gasteiger partial charge in [0, 0.05) is 30.0 Å². The zero-order valence-electron chi connectivity index (χ0n) is 27.1. The number of hydrogen-bond acceptors (Lipinski definition) is 8. The zero-order valence-corrected chi connectivity index (χ0v) is 28.7. The Morgan fingerprint density at radius 2 is 1.26 bits per heavy atom. The Kier molecular flexibility index (Phi) is 14.2. The maximum Gasteiger partial charge on any atom is 0.329 e. The van der Waals surface area contributed by atoms with Crippen LogP contribution in [0.1, 0.15) is 94.4 Å². The van der Waals surface area contributed by atoms with Crippen molar-refractivity contribution in [3.05, 3.63) is 28.7 Å². The van der Waals surface area contributed by atoms with Crippen LogP contribution in [0.5, 0.6) is 0 Å². The normalized spacial score (nSPS) is 13.3. The molecule has 11 nitrogen and oxygen atoms in total. The van der Waals surface area contributed by atoms with Gasteiger partial charge in [0.25, 0.3) is 0 Å². The van der Waals surface area contributed by atoms with Crippen LogP contribution in [0.2, 0.25) is 0 Å². The fraction of sp³-hybridized carbons (Fsp3) is 0.645.